The number of halogens is 1. The predicted octanol–water partition coefficient (Wildman–Crippen LogP) is 3.98. The normalized spacial score (nSPS) is 10.6. The summed E-state index contributed by atoms with van der Waals surface area (Å²) in [5.41, 5.74) is 2.35. The summed E-state index contributed by atoms with van der Waals surface area (Å²) in [5, 5.41) is 3.41. The first-order valence-electron chi connectivity index (χ1n) is 6.20. The highest BCUT2D eigenvalue weighted by Gasteiger charge is 2.04. The van der Waals surface area contributed by atoms with Gasteiger partial charge >= 0.3 is 0 Å². The van der Waals surface area contributed by atoms with Gasteiger partial charge in [0.1, 0.15) is 5.82 Å². The molecule has 1 N–H and O–H groups in total. The number of hydrogen-bond acceptors (Lipinski definition) is 2. The molecule has 0 spiro atoms. The monoisotopic (exact) mass is 307 g/mol. The molecular formula is C14H18BrN3. The summed E-state index contributed by atoms with van der Waals surface area (Å²) in [6.45, 7) is 6.02. The third-order valence-electron chi connectivity index (χ3n) is 2.83. The number of hydrogen-bond donors (Lipinski definition) is 1. The van der Waals surface area contributed by atoms with Crippen LogP contribution in [0.1, 0.15) is 24.7 Å². The van der Waals surface area contributed by atoms with Crippen LogP contribution in [0.25, 0.3) is 0 Å². The molecule has 3 nitrogen and oxygen atoms in total. The van der Waals surface area contributed by atoms with Crippen LogP contribution in [0.15, 0.2) is 35.1 Å². The first kappa shape index (κ1) is 13.1. The standard InChI is InChI=1S/C14H18BrN3/c1-3-7-18-8-6-16-14(18)10-17-13-5-4-11(2)9-12(13)15/h4-6,8-9,17H,3,7,10H2,1-2H3. The van der Waals surface area contributed by atoms with Gasteiger partial charge in [0.15, 0.2) is 0 Å². The summed E-state index contributed by atoms with van der Waals surface area (Å²) in [7, 11) is 0. The van der Waals surface area contributed by atoms with E-state index in [-0.39, 0.29) is 0 Å². The van der Waals surface area contributed by atoms with Gasteiger partial charge in [-0.2, -0.15) is 0 Å². The molecule has 0 aliphatic heterocycles. The van der Waals surface area contributed by atoms with Gasteiger partial charge in [0.25, 0.3) is 0 Å². The van der Waals surface area contributed by atoms with E-state index in [0.717, 1.165) is 35.5 Å². The molecule has 0 saturated carbocycles. The fraction of sp³-hybridized carbons (Fsp3) is 0.357. The summed E-state index contributed by atoms with van der Waals surface area (Å²) >= 11 is 3.57. The van der Waals surface area contributed by atoms with E-state index in [2.05, 4.69) is 62.8 Å². The van der Waals surface area contributed by atoms with Crippen molar-refractivity contribution in [2.75, 3.05) is 5.32 Å². The summed E-state index contributed by atoms with van der Waals surface area (Å²) in [4.78, 5) is 4.38. The molecule has 0 radical (unpaired) electrons. The van der Waals surface area contributed by atoms with Crippen LogP contribution in [-0.4, -0.2) is 9.55 Å². The molecule has 96 valence electrons. The molecule has 4 heteroatoms. The molecule has 1 aromatic carbocycles. The van der Waals surface area contributed by atoms with E-state index < -0.39 is 0 Å². The van der Waals surface area contributed by atoms with Gasteiger partial charge in [-0.1, -0.05) is 13.0 Å². The van der Waals surface area contributed by atoms with E-state index >= 15 is 0 Å². The highest BCUT2D eigenvalue weighted by Crippen LogP contribution is 2.23. The number of aryl methyl sites for hydroxylation is 2. The number of aromatic nitrogens is 2. The molecule has 18 heavy (non-hydrogen) atoms. The van der Waals surface area contributed by atoms with Crippen molar-refractivity contribution < 1.29 is 0 Å². The Morgan fingerprint density at radius 3 is 2.94 bits per heavy atom. The van der Waals surface area contributed by atoms with Gasteiger partial charge < -0.3 is 9.88 Å². The van der Waals surface area contributed by atoms with Gasteiger partial charge in [0.05, 0.1) is 6.54 Å². The Bertz CT molecular complexity index is 520. The Morgan fingerprint density at radius 1 is 1.39 bits per heavy atom. The highest BCUT2D eigenvalue weighted by atomic mass is 79.9. The molecule has 1 aromatic heterocycles. The fourth-order valence-electron chi connectivity index (χ4n) is 1.89. The van der Waals surface area contributed by atoms with Gasteiger partial charge in [-0.25, -0.2) is 4.98 Å². The maximum absolute atomic E-state index is 4.38. The Labute approximate surface area is 116 Å². The van der Waals surface area contributed by atoms with Crippen molar-refractivity contribution in [2.45, 2.75) is 33.4 Å². The lowest BCUT2D eigenvalue weighted by Gasteiger charge is -2.10. The Kier molecular flexibility index (Phi) is 4.42. The molecule has 0 bridgehead atoms. The van der Waals surface area contributed by atoms with E-state index in [1.54, 1.807) is 0 Å². The number of nitrogens with one attached hydrogen (secondary N) is 1. The number of rotatable bonds is 5. The third-order valence-corrected chi connectivity index (χ3v) is 3.48. The molecule has 0 saturated heterocycles. The van der Waals surface area contributed by atoms with Gasteiger partial charge in [0, 0.05) is 29.1 Å². The van der Waals surface area contributed by atoms with E-state index in [0.29, 0.717) is 0 Å². The van der Waals surface area contributed by atoms with Crippen LogP contribution < -0.4 is 5.32 Å². The van der Waals surface area contributed by atoms with Gasteiger partial charge in [-0.15, -0.1) is 0 Å². The predicted molar refractivity (Wildman–Crippen MR) is 78.7 cm³/mol. The zero-order valence-electron chi connectivity index (χ0n) is 10.8. The van der Waals surface area contributed by atoms with Crippen molar-refractivity contribution in [1.82, 2.24) is 9.55 Å². The minimum atomic E-state index is 0.745. The smallest absolute Gasteiger partial charge is 0.128 e. The average Bonchev–Trinajstić information content (AvgIpc) is 2.76. The average molecular weight is 308 g/mol. The first-order valence-corrected chi connectivity index (χ1v) is 7.00. The summed E-state index contributed by atoms with van der Waals surface area (Å²) in [5.74, 6) is 1.07. The van der Waals surface area contributed by atoms with Gasteiger partial charge in [-0.3, -0.25) is 0 Å². The summed E-state index contributed by atoms with van der Waals surface area (Å²) in [6, 6.07) is 6.30. The van der Waals surface area contributed by atoms with Crippen LogP contribution in [0.2, 0.25) is 0 Å². The second-order valence-corrected chi connectivity index (χ2v) is 5.23. The van der Waals surface area contributed by atoms with E-state index in [1.807, 2.05) is 12.4 Å². The topological polar surface area (TPSA) is 29.9 Å². The summed E-state index contributed by atoms with van der Waals surface area (Å²) < 4.78 is 3.28. The van der Waals surface area contributed by atoms with Crippen LogP contribution in [0.3, 0.4) is 0 Å². The van der Waals surface area contributed by atoms with Crippen molar-refractivity contribution in [3.8, 4) is 0 Å². The van der Waals surface area contributed by atoms with E-state index in [1.165, 1.54) is 5.56 Å². The lowest BCUT2D eigenvalue weighted by molar-refractivity contribution is 0.644. The van der Waals surface area contributed by atoms with Gasteiger partial charge in [0.2, 0.25) is 0 Å². The SMILES string of the molecule is CCCn1ccnc1CNc1ccc(C)cc1Br. The molecule has 0 unspecified atom stereocenters. The first-order chi connectivity index (χ1) is 8.70. The molecule has 0 fully saturated rings. The second kappa shape index (κ2) is 6.05. The fourth-order valence-corrected chi connectivity index (χ4v) is 2.52. The molecule has 0 aliphatic carbocycles. The maximum Gasteiger partial charge on any atom is 0.128 e. The third kappa shape index (κ3) is 3.13. The zero-order chi connectivity index (χ0) is 13.0. The molecule has 0 amide bonds. The van der Waals surface area contributed by atoms with Gasteiger partial charge in [-0.05, 0) is 47.0 Å². The lowest BCUT2D eigenvalue weighted by atomic mass is 10.2. The molecule has 0 aliphatic rings. The molecule has 2 aromatic rings. The summed E-state index contributed by atoms with van der Waals surface area (Å²) in [6.07, 6.45) is 5.01. The number of benzene rings is 1. The minimum absolute atomic E-state index is 0.745. The van der Waals surface area contributed by atoms with Crippen LogP contribution in [-0.2, 0) is 13.1 Å². The minimum Gasteiger partial charge on any atom is -0.377 e. The van der Waals surface area contributed by atoms with E-state index in [4.69, 9.17) is 0 Å². The molecule has 2 rings (SSSR count). The van der Waals surface area contributed by atoms with Crippen LogP contribution in [0.5, 0.6) is 0 Å². The Morgan fingerprint density at radius 2 is 2.22 bits per heavy atom. The quantitative estimate of drug-likeness (QED) is 0.905. The van der Waals surface area contributed by atoms with Crippen LogP contribution in [0, 0.1) is 6.92 Å². The Balaban J connectivity index is 2.04. The molecular weight excluding hydrogens is 290 g/mol. The number of imidazole rings is 1. The second-order valence-electron chi connectivity index (χ2n) is 4.37. The molecule has 0 atom stereocenters. The number of anilines is 1. The lowest BCUT2D eigenvalue weighted by Crippen LogP contribution is -2.08. The maximum atomic E-state index is 4.38. The van der Waals surface area contributed by atoms with Crippen LogP contribution >= 0.6 is 15.9 Å². The largest absolute Gasteiger partial charge is 0.377 e. The van der Waals surface area contributed by atoms with E-state index in [9.17, 15) is 0 Å². The number of nitrogens with zero attached hydrogens (tertiary/aromatic N) is 2. The van der Waals surface area contributed by atoms with Crippen molar-refractivity contribution in [2.24, 2.45) is 0 Å². The van der Waals surface area contributed by atoms with Crippen molar-refractivity contribution in [3.05, 3.63) is 46.5 Å². The van der Waals surface area contributed by atoms with Crippen molar-refractivity contribution in [1.29, 1.82) is 0 Å². The molecule has 1 heterocycles. The van der Waals surface area contributed by atoms with Crippen LogP contribution in [0.4, 0.5) is 5.69 Å². The highest BCUT2D eigenvalue weighted by molar-refractivity contribution is 9.10. The van der Waals surface area contributed by atoms with Crippen molar-refractivity contribution >= 4 is 21.6 Å². The zero-order valence-corrected chi connectivity index (χ0v) is 12.4. The van der Waals surface area contributed by atoms with Crippen molar-refractivity contribution in [3.63, 3.8) is 0 Å². The Hall–Kier alpha value is -1.29.